The van der Waals surface area contributed by atoms with E-state index in [1.165, 1.54) is 41.1 Å². The maximum Gasteiger partial charge on any atom is 0.300 e. The zero-order valence-electron chi connectivity index (χ0n) is 31.7. The number of non-ortho nitro benzene ring substituents is 1. The lowest BCUT2D eigenvalue weighted by molar-refractivity contribution is -0.383. The molecule has 0 saturated carbocycles. The van der Waals surface area contributed by atoms with Crippen molar-refractivity contribution >= 4 is 69.3 Å². The first-order chi connectivity index (χ1) is 26.0. The molecule has 9 N–H and O–H groups in total. The lowest BCUT2D eigenvalue weighted by atomic mass is 10.0. The fraction of sp³-hybridized carbons (Fsp3) is 0.438. The number of nitro groups is 1. The number of carbonyl (C=O) groups excluding carboxylic acids is 6. The normalized spacial score (nSPS) is 11.5. The van der Waals surface area contributed by atoms with Crippen molar-refractivity contribution in [3.63, 3.8) is 0 Å². The molecule has 1 aliphatic rings. The Kier molecular flexibility index (Phi) is 19.2. The maximum atomic E-state index is 12.0. The molecule has 0 atom stereocenters. The van der Waals surface area contributed by atoms with Crippen molar-refractivity contribution in [2.24, 2.45) is 5.73 Å². The standard InChI is InChI=1S/C17H26N8O4.C13H16N6O5.C2H6/c1-24(2)15(29)8-23-13(27)6-21-12(26)7-22-14(28)9-25(3)11-5-4-10(18)16(19)17(11)20;1-14-11(21)7-15-10(20)5-6-18(2)8-3-4-9(19(22)23)13-12(8)16-24-17-13;1-2/h4-5,19-20H,6-9,18H2,1-3H3,(H,21,26)(H,22,28)(H,23,27);3-4H,5-7H2,1-2H3,(H,14,21)(H,15,20);1-2H3. The van der Waals surface area contributed by atoms with Crippen molar-refractivity contribution in [1.82, 2.24) is 46.7 Å². The number of nitro benzene ring substituents is 1. The van der Waals surface area contributed by atoms with Gasteiger partial charge in [-0.05, 0) is 28.5 Å². The van der Waals surface area contributed by atoms with Crippen molar-refractivity contribution in [3.05, 3.63) is 45.8 Å². The molecule has 2 aromatic rings. The van der Waals surface area contributed by atoms with Crippen LogP contribution in [0, 0.1) is 20.9 Å². The first kappa shape index (κ1) is 46.1. The van der Waals surface area contributed by atoms with Gasteiger partial charge in [0, 0.05) is 54.3 Å². The van der Waals surface area contributed by atoms with Crippen LogP contribution in [-0.4, -0.2) is 146 Å². The topological polar surface area (TPSA) is 328 Å². The van der Waals surface area contributed by atoms with Crippen LogP contribution in [0.4, 0.5) is 11.4 Å². The van der Waals surface area contributed by atoms with E-state index < -0.39 is 22.6 Å². The predicted molar refractivity (Wildman–Crippen MR) is 201 cm³/mol. The predicted octanol–water partition coefficient (Wildman–Crippen LogP) is -2.02. The number of nitrogens with one attached hydrogen (secondary N) is 7. The van der Waals surface area contributed by atoms with E-state index in [9.17, 15) is 38.9 Å². The van der Waals surface area contributed by atoms with E-state index >= 15 is 0 Å². The summed E-state index contributed by atoms with van der Waals surface area (Å²) in [6, 6.07) is 2.83. The highest BCUT2D eigenvalue weighted by Gasteiger charge is 2.23. The molecule has 0 bridgehead atoms. The quantitative estimate of drug-likeness (QED) is 0.0519. The lowest BCUT2D eigenvalue weighted by Gasteiger charge is -2.24. The average Bonchev–Trinajstić information content (AvgIpc) is 3.66. The van der Waals surface area contributed by atoms with E-state index in [4.69, 9.17) is 16.6 Å². The molecule has 0 unspecified atom stereocenters. The molecule has 6 amide bonds. The second-order valence-electron chi connectivity index (χ2n) is 11.3. The second kappa shape index (κ2) is 22.9. The minimum atomic E-state index is -0.572. The number of benzene rings is 1. The SMILES string of the molecule is CC.CN(C)C(=O)CNC(=O)CNC(=O)CNC(=O)CN(C)C1=CC=C(N)C(=N)C1=N.CNC(=O)CNC(=O)CCN(C)c1ccc([N+](=O)[O-])c2nonc12. The van der Waals surface area contributed by atoms with Gasteiger partial charge in [0.25, 0.3) is 0 Å². The molecule has 55 heavy (non-hydrogen) atoms. The molecule has 0 saturated heterocycles. The summed E-state index contributed by atoms with van der Waals surface area (Å²) in [5.74, 6) is -2.44. The third-order valence-electron chi connectivity index (χ3n) is 7.22. The van der Waals surface area contributed by atoms with Gasteiger partial charge >= 0.3 is 5.69 Å². The zero-order valence-corrected chi connectivity index (χ0v) is 31.7. The fourth-order valence-electron chi connectivity index (χ4n) is 4.14. The summed E-state index contributed by atoms with van der Waals surface area (Å²) in [7, 11) is 7.87. The van der Waals surface area contributed by atoms with Crippen LogP contribution in [0.3, 0.4) is 0 Å². The van der Waals surface area contributed by atoms with E-state index in [0.29, 0.717) is 17.9 Å². The van der Waals surface area contributed by atoms with Gasteiger partial charge in [0.2, 0.25) is 41.0 Å². The Morgan fingerprint density at radius 1 is 0.782 bits per heavy atom. The van der Waals surface area contributed by atoms with Gasteiger partial charge in [0.1, 0.15) is 11.4 Å². The van der Waals surface area contributed by atoms with Crippen LogP contribution >= 0.6 is 0 Å². The smallest absolute Gasteiger partial charge is 0.300 e. The number of amides is 6. The van der Waals surface area contributed by atoms with Gasteiger partial charge in [-0.15, -0.1) is 0 Å². The number of carbonyl (C=O) groups is 6. The Labute approximate surface area is 316 Å². The van der Waals surface area contributed by atoms with Crippen molar-refractivity contribution in [3.8, 4) is 0 Å². The van der Waals surface area contributed by atoms with Gasteiger partial charge in [-0.25, -0.2) is 4.63 Å². The Bertz CT molecular complexity index is 1820. The van der Waals surface area contributed by atoms with Gasteiger partial charge in [-0.1, -0.05) is 13.8 Å². The molecule has 23 nitrogen and oxygen atoms in total. The van der Waals surface area contributed by atoms with E-state index in [0.717, 1.165) is 0 Å². The van der Waals surface area contributed by atoms with Crippen molar-refractivity contribution < 1.29 is 38.3 Å². The zero-order chi connectivity index (χ0) is 41.8. The summed E-state index contributed by atoms with van der Waals surface area (Å²) in [5.41, 5.74) is 6.52. The third-order valence-corrected chi connectivity index (χ3v) is 7.22. The molecule has 23 heteroatoms. The number of hydrogen-bond acceptors (Lipinski definition) is 16. The minimum Gasteiger partial charge on any atom is -0.397 e. The molecule has 1 aliphatic carbocycles. The van der Waals surface area contributed by atoms with Crippen LogP contribution in [0.2, 0.25) is 0 Å². The van der Waals surface area contributed by atoms with Gasteiger partial charge in [-0.2, -0.15) is 0 Å². The summed E-state index contributed by atoms with van der Waals surface area (Å²) >= 11 is 0. The number of allylic oxidation sites excluding steroid dienone is 4. The monoisotopic (exact) mass is 772 g/mol. The van der Waals surface area contributed by atoms with Crippen molar-refractivity contribution in [1.29, 1.82) is 10.8 Å². The van der Waals surface area contributed by atoms with Gasteiger partial charge < -0.3 is 47.0 Å². The molecular formula is C32H48N14O9. The van der Waals surface area contributed by atoms with Crippen LogP contribution in [0.25, 0.3) is 11.0 Å². The molecule has 0 aliphatic heterocycles. The van der Waals surface area contributed by atoms with Crippen molar-refractivity contribution in [2.45, 2.75) is 20.3 Å². The van der Waals surface area contributed by atoms with Gasteiger partial charge in [-0.3, -0.25) is 49.7 Å². The number of nitrogens with zero attached hydrogens (tertiary/aromatic N) is 6. The van der Waals surface area contributed by atoms with Crippen LogP contribution in [0.5, 0.6) is 0 Å². The number of anilines is 1. The van der Waals surface area contributed by atoms with Gasteiger partial charge in [0.15, 0.2) is 5.52 Å². The molecule has 0 spiro atoms. The number of aromatic nitrogens is 2. The summed E-state index contributed by atoms with van der Waals surface area (Å²) in [5, 5.41) is 45.8. The molecule has 3 rings (SSSR count). The highest BCUT2D eigenvalue weighted by Crippen LogP contribution is 2.30. The average molecular weight is 773 g/mol. The van der Waals surface area contributed by atoms with E-state index in [1.807, 2.05) is 13.8 Å². The second-order valence-corrected chi connectivity index (χ2v) is 11.3. The molecule has 300 valence electrons. The van der Waals surface area contributed by atoms with Gasteiger partial charge in [0.05, 0.1) is 54.7 Å². The van der Waals surface area contributed by atoms with Crippen LogP contribution in [-0.2, 0) is 28.8 Å². The fourth-order valence-corrected chi connectivity index (χ4v) is 4.14. The largest absolute Gasteiger partial charge is 0.397 e. The number of fused-ring (bicyclic) bond motifs is 1. The number of rotatable bonds is 16. The first-order valence-corrected chi connectivity index (χ1v) is 16.6. The minimum absolute atomic E-state index is 0.0495. The summed E-state index contributed by atoms with van der Waals surface area (Å²) in [6.07, 6.45) is 3.15. The summed E-state index contributed by atoms with van der Waals surface area (Å²) < 4.78 is 4.59. The maximum absolute atomic E-state index is 12.0. The number of likely N-dealkylation sites (N-methyl/N-ethyl adjacent to an activating group) is 3. The molecule has 1 aromatic carbocycles. The lowest BCUT2D eigenvalue weighted by Crippen LogP contribution is -2.45. The van der Waals surface area contributed by atoms with Crippen LogP contribution in [0.15, 0.2) is 40.3 Å². The summed E-state index contributed by atoms with van der Waals surface area (Å²) in [4.78, 5) is 84.3. The Hall–Kier alpha value is -6.94. The molecular weight excluding hydrogens is 724 g/mol. The molecule has 0 fully saturated rings. The Balaban J connectivity index is 0.000000534. The Morgan fingerprint density at radius 3 is 1.91 bits per heavy atom. The third kappa shape index (κ3) is 14.9. The molecule has 0 radical (unpaired) electrons. The number of hydrogen-bond donors (Lipinski definition) is 8. The van der Waals surface area contributed by atoms with E-state index in [2.05, 4.69) is 41.5 Å². The van der Waals surface area contributed by atoms with Crippen LogP contribution < -0.4 is 37.2 Å². The highest BCUT2D eigenvalue weighted by atomic mass is 16.6. The molecule has 1 heterocycles. The highest BCUT2D eigenvalue weighted by molar-refractivity contribution is 6.51. The van der Waals surface area contributed by atoms with Crippen LogP contribution in [0.1, 0.15) is 20.3 Å². The first-order valence-electron chi connectivity index (χ1n) is 16.6. The van der Waals surface area contributed by atoms with E-state index in [-0.39, 0.29) is 90.7 Å². The van der Waals surface area contributed by atoms with Crippen molar-refractivity contribution in [2.75, 3.05) is 79.4 Å². The Morgan fingerprint density at radius 2 is 1.33 bits per heavy atom. The number of nitrogens with two attached hydrogens (primary N) is 1. The van der Waals surface area contributed by atoms with E-state index in [1.54, 1.807) is 33.1 Å². The molecule has 1 aromatic heterocycles. The summed E-state index contributed by atoms with van der Waals surface area (Å²) in [6.45, 7) is 3.25.